The summed E-state index contributed by atoms with van der Waals surface area (Å²) in [6.45, 7) is 2.22. The highest BCUT2D eigenvalue weighted by Crippen LogP contribution is 2.43. The van der Waals surface area contributed by atoms with Gasteiger partial charge < -0.3 is 14.4 Å². The maximum atomic E-state index is 13.2. The highest BCUT2D eigenvalue weighted by Gasteiger charge is 2.32. The van der Waals surface area contributed by atoms with Crippen LogP contribution in [-0.2, 0) is 24.3 Å². The van der Waals surface area contributed by atoms with Gasteiger partial charge >= 0.3 is 5.97 Å². The molecule has 1 amide bonds. The Hall–Kier alpha value is -3.51. The topological polar surface area (TPSA) is 133 Å². The molecule has 0 unspecified atom stereocenters. The zero-order chi connectivity index (χ0) is 27.6. The number of carbonyl (C=O) groups excluding carboxylic acids is 2. The molecule has 39 heavy (non-hydrogen) atoms. The summed E-state index contributed by atoms with van der Waals surface area (Å²) in [7, 11) is -1.48. The number of methoxy groups -OCH3 is 2. The number of pyridine rings is 1. The minimum absolute atomic E-state index is 0.0674. The Morgan fingerprint density at radius 2 is 1.79 bits per heavy atom. The molecule has 0 spiro atoms. The first kappa shape index (κ1) is 27.1. The van der Waals surface area contributed by atoms with Crippen molar-refractivity contribution >= 4 is 38.6 Å². The van der Waals surface area contributed by atoms with E-state index in [1.54, 1.807) is 17.9 Å². The monoisotopic (exact) mass is 555 g/mol. The number of amides is 1. The summed E-state index contributed by atoms with van der Waals surface area (Å²) in [5, 5.41) is 5.89. The second-order valence-electron chi connectivity index (χ2n) is 10.1. The molecule has 208 valence electrons. The van der Waals surface area contributed by atoms with Crippen molar-refractivity contribution in [3.63, 3.8) is 0 Å². The molecule has 0 atom stereocenters. The predicted molar refractivity (Wildman–Crippen MR) is 146 cm³/mol. The lowest BCUT2D eigenvalue weighted by atomic mass is 9.82. The average molecular weight is 556 g/mol. The first-order chi connectivity index (χ1) is 18.8. The van der Waals surface area contributed by atoms with Crippen molar-refractivity contribution in [3.05, 3.63) is 47.8 Å². The minimum Gasteiger partial charge on any atom is -0.468 e. The van der Waals surface area contributed by atoms with Crippen LogP contribution in [0, 0.1) is 5.92 Å². The summed E-state index contributed by atoms with van der Waals surface area (Å²) < 4.78 is 38.4. The van der Waals surface area contributed by atoms with Gasteiger partial charge in [0.25, 0.3) is 5.91 Å². The molecule has 1 saturated heterocycles. The molecule has 1 aliphatic carbocycles. The van der Waals surface area contributed by atoms with E-state index in [4.69, 9.17) is 9.84 Å². The normalized spacial score (nSPS) is 16.7. The predicted octanol–water partition coefficient (Wildman–Crippen LogP) is 2.78. The van der Waals surface area contributed by atoms with E-state index in [-0.39, 0.29) is 5.69 Å². The van der Waals surface area contributed by atoms with Gasteiger partial charge in [-0.05, 0) is 49.8 Å². The van der Waals surface area contributed by atoms with Gasteiger partial charge in [-0.1, -0.05) is 24.6 Å². The molecule has 5 rings (SSSR count). The molecular formula is C27H33N5O6S. The Morgan fingerprint density at radius 1 is 1.08 bits per heavy atom. The highest BCUT2D eigenvalue weighted by molar-refractivity contribution is 7.90. The van der Waals surface area contributed by atoms with E-state index < -0.39 is 27.7 Å². The largest absolute Gasteiger partial charge is 0.468 e. The summed E-state index contributed by atoms with van der Waals surface area (Å²) in [5.74, 6) is -2.10. The van der Waals surface area contributed by atoms with Gasteiger partial charge in [0.15, 0.2) is 11.4 Å². The molecule has 1 aromatic carbocycles. The van der Waals surface area contributed by atoms with Crippen LogP contribution >= 0.6 is 0 Å². The minimum atomic E-state index is -4.27. The SMILES string of the molecule is COCC1CCN(c2cc(C(=O)NS(=O)(=O)CC(=O)OC)nc3c2c(C2CCC2)nn3-c2ccccc2)CC1. The van der Waals surface area contributed by atoms with E-state index in [0.717, 1.165) is 74.8 Å². The molecule has 0 bridgehead atoms. The van der Waals surface area contributed by atoms with Crippen molar-refractivity contribution in [1.82, 2.24) is 19.5 Å². The standard InChI is InChI=1S/C27H33N5O6S/c1-37-16-18-11-13-31(14-12-18)22-15-21(27(34)30-39(35,36)17-23(33)38-2)28-26-24(22)25(19-7-6-8-19)29-32(26)20-9-4-3-5-10-20/h3-5,9-10,15,18-19H,6-8,11-14,16-17H2,1-2H3,(H,30,34). The van der Waals surface area contributed by atoms with Gasteiger partial charge in [0.2, 0.25) is 10.0 Å². The van der Waals surface area contributed by atoms with Crippen LogP contribution in [0.2, 0.25) is 0 Å². The first-order valence-electron chi connectivity index (χ1n) is 13.1. The van der Waals surface area contributed by atoms with Gasteiger partial charge in [0, 0.05) is 32.7 Å². The molecule has 2 aromatic heterocycles. The van der Waals surface area contributed by atoms with Crippen LogP contribution in [0.5, 0.6) is 0 Å². The number of ether oxygens (including phenoxy) is 2. The second kappa shape index (κ2) is 11.3. The Morgan fingerprint density at radius 3 is 2.41 bits per heavy atom. The fourth-order valence-electron chi connectivity index (χ4n) is 5.22. The summed E-state index contributed by atoms with van der Waals surface area (Å²) in [4.78, 5) is 31.7. The molecule has 2 fully saturated rings. The van der Waals surface area contributed by atoms with Crippen LogP contribution in [0.1, 0.15) is 54.2 Å². The van der Waals surface area contributed by atoms with Crippen LogP contribution in [0.3, 0.4) is 0 Å². The number of hydrogen-bond donors (Lipinski definition) is 1. The van der Waals surface area contributed by atoms with Gasteiger partial charge in [-0.3, -0.25) is 9.59 Å². The van der Waals surface area contributed by atoms with Crippen molar-refractivity contribution in [2.45, 2.75) is 38.0 Å². The van der Waals surface area contributed by atoms with E-state index >= 15 is 0 Å². The van der Waals surface area contributed by atoms with Crippen LogP contribution in [-0.4, -0.2) is 74.7 Å². The smallest absolute Gasteiger partial charge is 0.322 e. The number of piperidine rings is 1. The van der Waals surface area contributed by atoms with Crippen molar-refractivity contribution in [1.29, 1.82) is 0 Å². The summed E-state index contributed by atoms with van der Waals surface area (Å²) >= 11 is 0. The Balaban J connectivity index is 1.62. The highest BCUT2D eigenvalue weighted by atomic mass is 32.2. The number of fused-ring (bicyclic) bond motifs is 1. The average Bonchev–Trinajstić information content (AvgIpc) is 3.26. The van der Waals surface area contributed by atoms with E-state index in [2.05, 4.69) is 14.6 Å². The van der Waals surface area contributed by atoms with Crippen LogP contribution in [0.4, 0.5) is 5.69 Å². The summed E-state index contributed by atoms with van der Waals surface area (Å²) in [6.07, 6.45) is 5.05. The number of hydrogen-bond acceptors (Lipinski definition) is 9. The zero-order valence-corrected chi connectivity index (χ0v) is 22.9. The lowest BCUT2D eigenvalue weighted by molar-refractivity contribution is -0.137. The molecule has 12 heteroatoms. The van der Waals surface area contributed by atoms with Crippen molar-refractivity contribution < 1.29 is 27.5 Å². The van der Waals surface area contributed by atoms with Crippen LogP contribution in [0.25, 0.3) is 16.7 Å². The number of aromatic nitrogens is 3. The van der Waals surface area contributed by atoms with Gasteiger partial charge in [-0.15, -0.1) is 0 Å². The molecule has 1 N–H and O–H groups in total. The van der Waals surface area contributed by atoms with Crippen molar-refractivity contribution in [2.75, 3.05) is 44.6 Å². The third-order valence-electron chi connectivity index (χ3n) is 7.51. The molecule has 3 heterocycles. The summed E-state index contributed by atoms with van der Waals surface area (Å²) in [5.41, 5.74) is 2.99. The van der Waals surface area contributed by atoms with Gasteiger partial charge in [0.1, 0.15) is 5.69 Å². The van der Waals surface area contributed by atoms with E-state index in [1.807, 2.05) is 35.1 Å². The van der Waals surface area contributed by atoms with E-state index in [1.165, 1.54) is 0 Å². The Kier molecular flexibility index (Phi) is 7.85. The first-order valence-corrected chi connectivity index (χ1v) is 14.8. The summed E-state index contributed by atoms with van der Waals surface area (Å²) in [6, 6.07) is 11.2. The van der Waals surface area contributed by atoms with Crippen LogP contribution in [0.15, 0.2) is 36.4 Å². The van der Waals surface area contributed by atoms with Gasteiger partial charge in [-0.25, -0.2) is 22.8 Å². The number of rotatable bonds is 9. The number of nitrogens with one attached hydrogen (secondary N) is 1. The maximum absolute atomic E-state index is 13.2. The van der Waals surface area contributed by atoms with Gasteiger partial charge in [-0.2, -0.15) is 5.10 Å². The number of nitrogens with zero attached hydrogens (tertiary/aromatic N) is 4. The van der Waals surface area contributed by atoms with E-state index in [0.29, 0.717) is 24.1 Å². The molecule has 2 aliphatic rings. The van der Waals surface area contributed by atoms with Gasteiger partial charge in [0.05, 0.1) is 29.6 Å². The lowest BCUT2D eigenvalue weighted by Gasteiger charge is -2.34. The number of para-hydroxylation sites is 1. The molecule has 3 aromatic rings. The third-order valence-corrected chi connectivity index (χ3v) is 8.62. The number of carbonyl (C=O) groups is 2. The quantitative estimate of drug-likeness (QED) is 0.396. The van der Waals surface area contributed by atoms with Crippen molar-refractivity contribution in [3.8, 4) is 5.69 Å². The van der Waals surface area contributed by atoms with Crippen LogP contribution < -0.4 is 9.62 Å². The fourth-order valence-corrected chi connectivity index (χ4v) is 6.11. The molecular weight excluding hydrogens is 522 g/mol. The van der Waals surface area contributed by atoms with E-state index in [9.17, 15) is 18.0 Å². The number of sulfonamides is 1. The third kappa shape index (κ3) is 5.76. The lowest BCUT2D eigenvalue weighted by Crippen LogP contribution is -2.37. The fraction of sp³-hybridized carbons (Fsp3) is 0.481. The molecule has 1 saturated carbocycles. The zero-order valence-electron chi connectivity index (χ0n) is 22.1. The number of anilines is 1. The molecule has 0 radical (unpaired) electrons. The van der Waals surface area contributed by atoms with Crippen molar-refractivity contribution in [2.24, 2.45) is 5.92 Å². The Bertz CT molecular complexity index is 1460. The maximum Gasteiger partial charge on any atom is 0.322 e. The number of esters is 1. The number of benzene rings is 1. The second-order valence-corrected chi connectivity index (χ2v) is 11.9. The molecule has 1 aliphatic heterocycles. The molecule has 11 nitrogen and oxygen atoms in total. The Labute approximate surface area is 227 Å².